The molecule has 3 heteroatoms. The summed E-state index contributed by atoms with van der Waals surface area (Å²) >= 11 is 0. The highest BCUT2D eigenvalue weighted by Crippen LogP contribution is 2.43. The van der Waals surface area contributed by atoms with E-state index >= 15 is 0 Å². The smallest absolute Gasteiger partial charge is 0.135 e. The Morgan fingerprint density at radius 3 is 1.83 bits per heavy atom. The average Bonchev–Trinajstić information content (AvgIpc) is 3.77. The van der Waals surface area contributed by atoms with Gasteiger partial charge in [-0.1, -0.05) is 121 Å². The van der Waals surface area contributed by atoms with Crippen LogP contribution in [0, 0.1) is 0 Å². The summed E-state index contributed by atoms with van der Waals surface area (Å²) in [6.07, 6.45) is 0. The molecule has 0 aliphatic carbocycles. The summed E-state index contributed by atoms with van der Waals surface area (Å²) in [6.45, 7) is 0. The third kappa shape index (κ3) is 4.68. The van der Waals surface area contributed by atoms with Crippen LogP contribution in [-0.2, 0) is 0 Å². The number of para-hydroxylation sites is 3. The van der Waals surface area contributed by atoms with Crippen molar-refractivity contribution in [2.24, 2.45) is 0 Å². The summed E-state index contributed by atoms with van der Waals surface area (Å²) in [6, 6.07) is 69.8. The van der Waals surface area contributed by atoms with Gasteiger partial charge < -0.3 is 13.9 Å². The van der Waals surface area contributed by atoms with Crippen LogP contribution >= 0.6 is 0 Å². The number of furan rings is 1. The molecule has 0 fully saturated rings. The molecule has 0 saturated heterocycles. The van der Waals surface area contributed by atoms with E-state index in [0.717, 1.165) is 44.7 Å². The first kappa shape index (κ1) is 29.6. The maximum atomic E-state index is 6.24. The van der Waals surface area contributed by atoms with Crippen molar-refractivity contribution < 1.29 is 4.42 Å². The fourth-order valence-electron chi connectivity index (χ4n) is 8.33. The highest BCUT2D eigenvalue weighted by molar-refractivity contribution is 6.16. The van der Waals surface area contributed by atoms with E-state index < -0.39 is 0 Å². The molecule has 248 valence electrons. The van der Waals surface area contributed by atoms with Crippen molar-refractivity contribution in [3.05, 3.63) is 194 Å². The average molecular weight is 677 g/mol. The molecule has 2 heterocycles. The number of rotatable bonds is 5. The third-order valence-electron chi connectivity index (χ3n) is 10.8. The van der Waals surface area contributed by atoms with Crippen LogP contribution in [0.15, 0.2) is 199 Å². The van der Waals surface area contributed by atoms with Gasteiger partial charge in [0.2, 0.25) is 0 Å². The van der Waals surface area contributed by atoms with Crippen molar-refractivity contribution in [3.63, 3.8) is 0 Å². The van der Waals surface area contributed by atoms with E-state index in [9.17, 15) is 0 Å². The number of fused-ring (bicyclic) bond motifs is 9. The monoisotopic (exact) mass is 676 g/mol. The second kappa shape index (κ2) is 11.7. The fourth-order valence-corrected chi connectivity index (χ4v) is 8.33. The molecule has 0 bridgehead atoms. The number of nitrogens with zero attached hydrogens (tertiary/aromatic N) is 2. The summed E-state index contributed by atoms with van der Waals surface area (Å²) in [4.78, 5) is 2.37. The first-order valence-electron chi connectivity index (χ1n) is 18.1. The number of anilines is 3. The highest BCUT2D eigenvalue weighted by Gasteiger charge is 2.19. The minimum absolute atomic E-state index is 0.887. The Morgan fingerprint density at radius 2 is 0.981 bits per heavy atom. The first-order valence-corrected chi connectivity index (χ1v) is 18.1. The van der Waals surface area contributed by atoms with E-state index in [1.807, 2.05) is 12.1 Å². The SMILES string of the molecule is c1ccc(-n2c3ccccc3c3c(-c4ccc(N(c5ccc6ccc7ccccc7c6c5)c5ccc6oc7ccccc7c6c5)cc4)cccc32)cc1. The van der Waals surface area contributed by atoms with Crippen LogP contribution in [0.3, 0.4) is 0 Å². The molecule has 0 aliphatic heterocycles. The second-order valence-electron chi connectivity index (χ2n) is 13.7. The predicted octanol–water partition coefficient (Wildman–Crippen LogP) is 14.1. The first-order chi connectivity index (χ1) is 26.3. The van der Waals surface area contributed by atoms with Crippen LogP contribution < -0.4 is 4.90 Å². The molecule has 0 aliphatic rings. The number of aromatic nitrogens is 1. The predicted molar refractivity (Wildman–Crippen MR) is 223 cm³/mol. The van der Waals surface area contributed by atoms with Gasteiger partial charge in [0.25, 0.3) is 0 Å². The zero-order chi connectivity index (χ0) is 34.9. The Labute approximate surface area is 306 Å². The van der Waals surface area contributed by atoms with Gasteiger partial charge in [0.15, 0.2) is 0 Å². The van der Waals surface area contributed by atoms with Gasteiger partial charge in [-0.25, -0.2) is 0 Å². The van der Waals surface area contributed by atoms with Crippen LogP contribution in [0.25, 0.3) is 82.1 Å². The fraction of sp³-hybridized carbons (Fsp3) is 0. The Morgan fingerprint density at radius 1 is 0.377 bits per heavy atom. The van der Waals surface area contributed by atoms with Crippen molar-refractivity contribution in [1.82, 2.24) is 4.57 Å². The molecule has 0 unspecified atom stereocenters. The third-order valence-corrected chi connectivity index (χ3v) is 10.8. The minimum atomic E-state index is 0.887. The van der Waals surface area contributed by atoms with Crippen LogP contribution in [0.1, 0.15) is 0 Å². The van der Waals surface area contributed by atoms with E-state index in [0.29, 0.717) is 0 Å². The van der Waals surface area contributed by atoms with Crippen LogP contribution in [-0.4, -0.2) is 4.57 Å². The summed E-state index contributed by atoms with van der Waals surface area (Å²) in [5.41, 5.74) is 11.0. The van der Waals surface area contributed by atoms with Gasteiger partial charge in [0, 0.05) is 44.3 Å². The summed E-state index contributed by atoms with van der Waals surface area (Å²) < 4.78 is 8.62. The van der Waals surface area contributed by atoms with Crippen LogP contribution in [0.4, 0.5) is 17.1 Å². The molecule has 11 aromatic rings. The van der Waals surface area contributed by atoms with E-state index in [-0.39, 0.29) is 0 Å². The Kier molecular flexibility index (Phi) is 6.55. The molecule has 0 N–H and O–H groups in total. The topological polar surface area (TPSA) is 21.3 Å². The van der Waals surface area contributed by atoms with Gasteiger partial charge in [-0.3, -0.25) is 0 Å². The molecular weight excluding hydrogens is 645 g/mol. The largest absolute Gasteiger partial charge is 0.456 e. The minimum Gasteiger partial charge on any atom is -0.456 e. The zero-order valence-corrected chi connectivity index (χ0v) is 28.8. The van der Waals surface area contributed by atoms with Gasteiger partial charge in [-0.15, -0.1) is 0 Å². The molecule has 11 rings (SSSR count). The maximum absolute atomic E-state index is 6.24. The molecule has 2 aromatic heterocycles. The van der Waals surface area contributed by atoms with Gasteiger partial charge in [-0.05, 0) is 105 Å². The Balaban J connectivity index is 1.10. The lowest BCUT2D eigenvalue weighted by molar-refractivity contribution is 0.669. The number of benzene rings is 9. The maximum Gasteiger partial charge on any atom is 0.135 e. The lowest BCUT2D eigenvalue weighted by atomic mass is 9.98. The second-order valence-corrected chi connectivity index (χ2v) is 13.7. The van der Waals surface area contributed by atoms with Crippen molar-refractivity contribution >= 4 is 82.4 Å². The Hall–Kier alpha value is -7.10. The zero-order valence-electron chi connectivity index (χ0n) is 28.8. The van der Waals surface area contributed by atoms with Crippen molar-refractivity contribution in [2.75, 3.05) is 4.90 Å². The van der Waals surface area contributed by atoms with Gasteiger partial charge in [0.05, 0.1) is 11.0 Å². The molecule has 3 nitrogen and oxygen atoms in total. The normalized spacial score (nSPS) is 11.8. The molecule has 0 atom stereocenters. The van der Waals surface area contributed by atoms with Gasteiger partial charge in [-0.2, -0.15) is 0 Å². The molecule has 0 saturated carbocycles. The Bertz CT molecular complexity index is 3170. The molecule has 0 amide bonds. The lowest BCUT2D eigenvalue weighted by Gasteiger charge is -2.26. The number of hydrogen-bond donors (Lipinski definition) is 0. The summed E-state index contributed by atoms with van der Waals surface area (Å²) in [5, 5.41) is 9.68. The summed E-state index contributed by atoms with van der Waals surface area (Å²) in [5.74, 6) is 0. The van der Waals surface area contributed by atoms with Crippen LogP contribution in [0.2, 0.25) is 0 Å². The molecular formula is C50H32N2O. The van der Waals surface area contributed by atoms with Crippen molar-refractivity contribution in [1.29, 1.82) is 0 Å². The van der Waals surface area contributed by atoms with Gasteiger partial charge >= 0.3 is 0 Å². The van der Waals surface area contributed by atoms with Crippen LogP contribution in [0.5, 0.6) is 0 Å². The molecule has 0 radical (unpaired) electrons. The standard InChI is InChI=1S/C50H32N2O/c1-2-12-36(13-3-1)52-46-18-8-6-16-43(46)50-41(17-10-19-47(50)52)34-23-26-37(27-24-34)51(39-29-30-49-45(32-39)42-15-7-9-20-48(42)53-49)38-28-25-35-22-21-33-11-4-5-14-40(33)44(35)31-38/h1-32H. The lowest BCUT2D eigenvalue weighted by Crippen LogP contribution is -2.09. The van der Waals surface area contributed by atoms with E-state index in [4.69, 9.17) is 4.42 Å². The number of hydrogen-bond acceptors (Lipinski definition) is 2. The van der Waals surface area contributed by atoms with Crippen molar-refractivity contribution in [3.8, 4) is 16.8 Å². The van der Waals surface area contributed by atoms with Crippen molar-refractivity contribution in [2.45, 2.75) is 0 Å². The highest BCUT2D eigenvalue weighted by atomic mass is 16.3. The molecule has 0 spiro atoms. The van der Waals surface area contributed by atoms with E-state index in [2.05, 4.69) is 191 Å². The summed E-state index contributed by atoms with van der Waals surface area (Å²) in [7, 11) is 0. The van der Waals surface area contributed by atoms with E-state index in [1.165, 1.54) is 54.5 Å². The molecule has 53 heavy (non-hydrogen) atoms. The molecule has 9 aromatic carbocycles. The van der Waals surface area contributed by atoms with E-state index in [1.54, 1.807) is 0 Å². The quantitative estimate of drug-likeness (QED) is 0.169. The van der Waals surface area contributed by atoms with Gasteiger partial charge in [0.1, 0.15) is 11.2 Å².